The molecule has 1 aromatic carbocycles. The van der Waals surface area contributed by atoms with E-state index in [-0.39, 0.29) is 24.2 Å². The summed E-state index contributed by atoms with van der Waals surface area (Å²) in [6, 6.07) is 6.64. The normalized spacial score (nSPS) is 13.6. The number of carbonyl (C=O) groups is 3. The lowest BCUT2D eigenvalue weighted by Crippen LogP contribution is -2.15. The number of nitrogens with one attached hydrogen (secondary N) is 2. The van der Waals surface area contributed by atoms with Crippen LogP contribution < -0.4 is 10.6 Å². The zero-order chi connectivity index (χ0) is 17.1. The molecule has 8 heteroatoms. The Hall–Kier alpha value is -3.16. The fourth-order valence-electron chi connectivity index (χ4n) is 2.56. The molecule has 1 aliphatic heterocycles. The fraction of sp³-hybridized carbons (Fsp3) is 0.250. The van der Waals surface area contributed by atoms with Gasteiger partial charge in [0.1, 0.15) is 6.54 Å². The smallest absolute Gasteiger partial charge is 0.325 e. The van der Waals surface area contributed by atoms with Crippen LogP contribution in [0.2, 0.25) is 0 Å². The predicted octanol–water partition coefficient (Wildman–Crippen LogP) is 1.49. The van der Waals surface area contributed by atoms with Gasteiger partial charge in [-0.15, -0.1) is 0 Å². The predicted molar refractivity (Wildman–Crippen MR) is 85.8 cm³/mol. The van der Waals surface area contributed by atoms with Crippen molar-refractivity contribution in [3.63, 3.8) is 0 Å². The van der Waals surface area contributed by atoms with Crippen LogP contribution in [0.3, 0.4) is 0 Å². The quantitative estimate of drug-likeness (QED) is 0.787. The van der Waals surface area contributed by atoms with Crippen LogP contribution in [0.15, 0.2) is 30.5 Å². The van der Waals surface area contributed by atoms with E-state index in [4.69, 9.17) is 5.11 Å². The molecule has 2 aromatic rings. The molecule has 2 amide bonds. The minimum Gasteiger partial charge on any atom is -0.480 e. The van der Waals surface area contributed by atoms with Gasteiger partial charge in [-0.05, 0) is 36.6 Å². The Kier molecular flexibility index (Phi) is 4.28. The van der Waals surface area contributed by atoms with Gasteiger partial charge in [0, 0.05) is 29.9 Å². The van der Waals surface area contributed by atoms with Crippen LogP contribution in [-0.4, -0.2) is 32.7 Å². The molecule has 3 N–H and O–H groups in total. The van der Waals surface area contributed by atoms with E-state index >= 15 is 0 Å². The Labute approximate surface area is 137 Å². The number of carboxylic acid groups (broad SMARTS) is 1. The van der Waals surface area contributed by atoms with Crippen molar-refractivity contribution in [3.05, 3.63) is 41.6 Å². The van der Waals surface area contributed by atoms with E-state index in [0.717, 1.165) is 24.1 Å². The van der Waals surface area contributed by atoms with E-state index in [1.807, 2.05) is 0 Å². The largest absolute Gasteiger partial charge is 0.480 e. The maximum Gasteiger partial charge on any atom is 0.325 e. The number of nitrogens with zero attached hydrogens (tertiary/aromatic N) is 2. The zero-order valence-electron chi connectivity index (χ0n) is 12.8. The lowest BCUT2D eigenvalue weighted by Gasteiger charge is -2.09. The van der Waals surface area contributed by atoms with Gasteiger partial charge >= 0.3 is 5.97 Å². The van der Waals surface area contributed by atoms with Crippen molar-refractivity contribution in [1.29, 1.82) is 0 Å². The topological polar surface area (TPSA) is 113 Å². The first-order valence-electron chi connectivity index (χ1n) is 7.50. The number of rotatable bonds is 4. The fourth-order valence-corrected chi connectivity index (χ4v) is 2.56. The highest BCUT2D eigenvalue weighted by atomic mass is 16.4. The first-order chi connectivity index (χ1) is 11.5. The highest BCUT2D eigenvalue weighted by Gasteiger charge is 2.16. The van der Waals surface area contributed by atoms with Crippen LogP contribution in [0.1, 0.15) is 28.8 Å². The molecule has 124 valence electrons. The van der Waals surface area contributed by atoms with Gasteiger partial charge in [0.2, 0.25) is 5.91 Å². The Bertz CT molecular complexity index is 812. The molecule has 0 aliphatic carbocycles. The number of anilines is 2. The van der Waals surface area contributed by atoms with Crippen molar-refractivity contribution < 1.29 is 19.5 Å². The van der Waals surface area contributed by atoms with Crippen LogP contribution in [0.5, 0.6) is 0 Å². The third-order valence-electron chi connectivity index (χ3n) is 3.67. The van der Waals surface area contributed by atoms with Crippen LogP contribution in [0, 0.1) is 0 Å². The summed E-state index contributed by atoms with van der Waals surface area (Å²) in [4.78, 5) is 34.5. The molecular weight excluding hydrogens is 312 g/mol. The van der Waals surface area contributed by atoms with Gasteiger partial charge in [-0.3, -0.25) is 19.1 Å². The van der Waals surface area contributed by atoms with Gasteiger partial charge in [0.15, 0.2) is 5.82 Å². The molecule has 0 fully saturated rings. The average molecular weight is 328 g/mol. The summed E-state index contributed by atoms with van der Waals surface area (Å²) in [5.74, 6) is -1.09. The summed E-state index contributed by atoms with van der Waals surface area (Å²) >= 11 is 0. The van der Waals surface area contributed by atoms with E-state index in [2.05, 4.69) is 15.7 Å². The van der Waals surface area contributed by atoms with E-state index in [0.29, 0.717) is 12.0 Å². The van der Waals surface area contributed by atoms with Gasteiger partial charge < -0.3 is 15.7 Å². The third-order valence-corrected chi connectivity index (χ3v) is 3.67. The molecule has 3 rings (SSSR count). The summed E-state index contributed by atoms with van der Waals surface area (Å²) in [6.07, 6.45) is 3.42. The van der Waals surface area contributed by atoms with Crippen molar-refractivity contribution in [3.8, 4) is 0 Å². The number of hydrogen-bond acceptors (Lipinski definition) is 4. The monoisotopic (exact) mass is 328 g/mol. The first kappa shape index (κ1) is 15.7. The molecule has 0 unspecified atom stereocenters. The molecule has 0 saturated heterocycles. The van der Waals surface area contributed by atoms with Crippen molar-refractivity contribution in [2.24, 2.45) is 0 Å². The Morgan fingerprint density at radius 3 is 2.92 bits per heavy atom. The molecule has 2 heterocycles. The van der Waals surface area contributed by atoms with Crippen LogP contribution in [0.25, 0.3) is 0 Å². The zero-order valence-corrected chi connectivity index (χ0v) is 12.8. The number of carboxylic acids is 1. The van der Waals surface area contributed by atoms with Gasteiger partial charge in [-0.2, -0.15) is 5.10 Å². The summed E-state index contributed by atoms with van der Waals surface area (Å²) in [5.41, 5.74) is 2.11. The van der Waals surface area contributed by atoms with E-state index in [1.54, 1.807) is 18.2 Å². The minimum atomic E-state index is -1.01. The molecular formula is C16H16N4O4. The Morgan fingerprint density at radius 2 is 2.12 bits per heavy atom. The highest BCUT2D eigenvalue weighted by molar-refractivity contribution is 6.04. The van der Waals surface area contributed by atoms with Gasteiger partial charge in [-0.25, -0.2) is 0 Å². The standard InChI is InChI=1S/C16H16N4O4/c21-14-3-1-2-10-8-11(4-5-12(10)17-14)16(24)18-13-6-7-20(19-13)9-15(22)23/h4-8H,1-3,9H2,(H,17,21)(H,22,23)(H,18,19,24). The number of aliphatic carboxylic acids is 1. The lowest BCUT2D eigenvalue weighted by atomic mass is 10.0. The van der Waals surface area contributed by atoms with E-state index < -0.39 is 5.97 Å². The summed E-state index contributed by atoms with van der Waals surface area (Å²) in [7, 11) is 0. The Morgan fingerprint density at radius 1 is 1.29 bits per heavy atom. The number of amides is 2. The number of aromatic nitrogens is 2. The van der Waals surface area contributed by atoms with Crippen LogP contribution in [-0.2, 0) is 22.6 Å². The van der Waals surface area contributed by atoms with Crippen LogP contribution >= 0.6 is 0 Å². The van der Waals surface area contributed by atoms with Crippen molar-refractivity contribution in [2.45, 2.75) is 25.8 Å². The lowest BCUT2D eigenvalue weighted by molar-refractivity contribution is -0.137. The average Bonchev–Trinajstić information content (AvgIpc) is 2.85. The maximum absolute atomic E-state index is 12.3. The molecule has 1 aromatic heterocycles. The van der Waals surface area contributed by atoms with Crippen molar-refractivity contribution >= 4 is 29.3 Å². The van der Waals surface area contributed by atoms with Crippen LogP contribution in [0.4, 0.5) is 11.5 Å². The molecule has 0 saturated carbocycles. The number of fused-ring (bicyclic) bond motifs is 1. The van der Waals surface area contributed by atoms with Gasteiger partial charge in [-0.1, -0.05) is 0 Å². The first-order valence-corrected chi connectivity index (χ1v) is 7.50. The number of carbonyl (C=O) groups excluding carboxylic acids is 2. The molecule has 8 nitrogen and oxygen atoms in total. The molecule has 0 radical (unpaired) electrons. The maximum atomic E-state index is 12.3. The number of aryl methyl sites for hydroxylation is 1. The molecule has 1 aliphatic rings. The summed E-state index contributed by atoms with van der Waals surface area (Å²) < 4.78 is 1.23. The summed E-state index contributed by atoms with van der Waals surface area (Å²) in [6.45, 7) is -0.269. The second-order valence-corrected chi connectivity index (χ2v) is 5.52. The molecule has 0 atom stereocenters. The minimum absolute atomic E-state index is 0.0186. The van der Waals surface area contributed by atoms with Gasteiger partial charge in [0.05, 0.1) is 0 Å². The highest BCUT2D eigenvalue weighted by Crippen LogP contribution is 2.23. The number of hydrogen-bond donors (Lipinski definition) is 3. The molecule has 0 spiro atoms. The van der Waals surface area contributed by atoms with Crippen molar-refractivity contribution in [2.75, 3.05) is 10.6 Å². The van der Waals surface area contributed by atoms with Crippen molar-refractivity contribution in [1.82, 2.24) is 9.78 Å². The second-order valence-electron chi connectivity index (χ2n) is 5.52. The Balaban J connectivity index is 1.73. The molecule has 24 heavy (non-hydrogen) atoms. The van der Waals surface area contributed by atoms with E-state index in [1.165, 1.54) is 16.9 Å². The van der Waals surface area contributed by atoms with Gasteiger partial charge in [0.25, 0.3) is 5.91 Å². The second kappa shape index (κ2) is 6.53. The molecule has 0 bridgehead atoms. The summed E-state index contributed by atoms with van der Waals surface area (Å²) in [5, 5.41) is 18.1. The van der Waals surface area contributed by atoms with E-state index in [9.17, 15) is 14.4 Å². The number of benzene rings is 1. The third kappa shape index (κ3) is 3.60. The SMILES string of the molecule is O=C(O)Cn1ccc(NC(=O)c2ccc3c(c2)CCCC(=O)N3)n1.